The molecule has 0 aromatic carbocycles. The van der Waals surface area contributed by atoms with Crippen molar-refractivity contribution in [3.8, 4) is 0 Å². The highest BCUT2D eigenvalue weighted by Gasteiger charge is 2.49. The van der Waals surface area contributed by atoms with Gasteiger partial charge in [-0.3, -0.25) is 4.79 Å². The SMILES string of the molecule is CSO[C@H]1CC[C@@H](C)[C@]1(C)CCC1CCC[C@H]2CC(=O)CC[C@]12C. The minimum absolute atomic E-state index is 0.330. The Morgan fingerprint density at radius 3 is 2.75 bits per heavy atom. The highest BCUT2D eigenvalue weighted by molar-refractivity contribution is 7.93. The fourth-order valence-electron chi connectivity index (χ4n) is 6.15. The van der Waals surface area contributed by atoms with E-state index in [4.69, 9.17) is 4.18 Å². The van der Waals surface area contributed by atoms with Crippen molar-refractivity contribution in [3.63, 3.8) is 0 Å². The van der Waals surface area contributed by atoms with Gasteiger partial charge < -0.3 is 4.18 Å². The molecule has 1 unspecified atom stereocenters. The van der Waals surface area contributed by atoms with Crippen molar-refractivity contribution < 1.29 is 8.98 Å². The molecule has 0 aromatic rings. The molecule has 138 valence electrons. The number of rotatable bonds is 5. The zero-order valence-electron chi connectivity index (χ0n) is 16.1. The van der Waals surface area contributed by atoms with Crippen molar-refractivity contribution in [1.82, 2.24) is 0 Å². The van der Waals surface area contributed by atoms with Gasteiger partial charge >= 0.3 is 0 Å². The predicted octanol–water partition coefficient (Wildman–Crippen LogP) is 6.04. The summed E-state index contributed by atoms with van der Waals surface area (Å²) < 4.78 is 6.05. The standard InChI is InChI=1S/C21H36O2S/c1-15-8-9-19(23-24-4)20(15,2)12-10-16-6-5-7-17-14-18(22)11-13-21(16,17)3/h15-17,19H,5-14H2,1-4H3/t15-,16?,17+,19+,20+,21-/m1/s1. The predicted molar refractivity (Wildman–Crippen MR) is 102 cm³/mol. The van der Waals surface area contributed by atoms with E-state index in [1.807, 2.05) is 0 Å². The first-order valence-corrected chi connectivity index (χ1v) is 11.3. The average Bonchev–Trinajstić information content (AvgIpc) is 2.83. The van der Waals surface area contributed by atoms with Gasteiger partial charge in [0.05, 0.1) is 6.10 Å². The Morgan fingerprint density at radius 1 is 1.21 bits per heavy atom. The third-order valence-corrected chi connectivity index (χ3v) is 8.78. The first-order valence-electron chi connectivity index (χ1n) is 10.1. The maximum Gasteiger partial charge on any atom is 0.133 e. The van der Waals surface area contributed by atoms with Crippen molar-refractivity contribution >= 4 is 17.8 Å². The molecule has 24 heavy (non-hydrogen) atoms. The highest BCUT2D eigenvalue weighted by Crippen LogP contribution is 2.56. The molecule has 3 rings (SSSR count). The van der Waals surface area contributed by atoms with Gasteiger partial charge in [0.15, 0.2) is 0 Å². The molecule has 0 bridgehead atoms. The second-order valence-corrected chi connectivity index (χ2v) is 9.87. The molecule has 3 aliphatic carbocycles. The molecule has 6 atom stereocenters. The molecule has 0 aromatic heterocycles. The number of ketones is 1. The van der Waals surface area contributed by atoms with Gasteiger partial charge in [0.2, 0.25) is 0 Å². The minimum Gasteiger partial charge on any atom is -0.312 e. The topological polar surface area (TPSA) is 26.3 Å². The number of carbonyl (C=O) groups excluding carboxylic acids is 1. The summed E-state index contributed by atoms with van der Waals surface area (Å²) in [6, 6.07) is 0. The number of Topliss-reactive ketones (excluding diaryl/α,β-unsaturated/α-hetero) is 1. The molecule has 0 amide bonds. The number of carbonyl (C=O) groups is 1. The lowest BCUT2D eigenvalue weighted by molar-refractivity contribution is -0.128. The van der Waals surface area contributed by atoms with Gasteiger partial charge in [0, 0.05) is 19.1 Å². The Morgan fingerprint density at radius 2 is 2.00 bits per heavy atom. The third kappa shape index (κ3) is 3.32. The van der Waals surface area contributed by atoms with Crippen molar-refractivity contribution in [2.24, 2.45) is 28.6 Å². The van der Waals surface area contributed by atoms with Crippen LogP contribution in [-0.4, -0.2) is 18.1 Å². The zero-order chi connectivity index (χ0) is 17.4. The molecule has 2 nitrogen and oxygen atoms in total. The molecule has 3 heteroatoms. The van der Waals surface area contributed by atoms with Gasteiger partial charge in [-0.05, 0) is 85.6 Å². The minimum atomic E-state index is 0.330. The first kappa shape index (κ1) is 18.8. The second-order valence-electron chi connectivity index (χ2n) is 9.35. The van der Waals surface area contributed by atoms with Crippen LogP contribution in [0.1, 0.15) is 85.0 Å². The third-order valence-electron chi connectivity index (χ3n) is 8.35. The van der Waals surface area contributed by atoms with Crippen LogP contribution in [0.5, 0.6) is 0 Å². The van der Waals surface area contributed by atoms with Crippen LogP contribution >= 0.6 is 12.0 Å². The van der Waals surface area contributed by atoms with Gasteiger partial charge in [-0.15, -0.1) is 0 Å². The van der Waals surface area contributed by atoms with Crippen LogP contribution in [0.15, 0.2) is 0 Å². The summed E-state index contributed by atoms with van der Waals surface area (Å²) in [5, 5.41) is 0. The monoisotopic (exact) mass is 352 g/mol. The average molecular weight is 353 g/mol. The summed E-state index contributed by atoms with van der Waals surface area (Å²) in [5.41, 5.74) is 0.747. The van der Waals surface area contributed by atoms with E-state index in [9.17, 15) is 4.79 Å². The van der Waals surface area contributed by atoms with Gasteiger partial charge in [-0.2, -0.15) is 0 Å². The Hall–Kier alpha value is -0.0200. The van der Waals surface area contributed by atoms with Crippen LogP contribution in [0.25, 0.3) is 0 Å². The van der Waals surface area contributed by atoms with Crippen molar-refractivity contribution in [2.75, 3.05) is 6.26 Å². The summed E-state index contributed by atoms with van der Waals surface area (Å²) in [7, 11) is 0. The lowest BCUT2D eigenvalue weighted by Gasteiger charge is -2.51. The number of hydrogen-bond donors (Lipinski definition) is 0. The summed E-state index contributed by atoms with van der Waals surface area (Å²) in [6.07, 6.45) is 14.4. The van der Waals surface area contributed by atoms with E-state index in [1.165, 1.54) is 44.9 Å². The van der Waals surface area contributed by atoms with Crippen LogP contribution in [-0.2, 0) is 8.98 Å². The van der Waals surface area contributed by atoms with E-state index in [-0.39, 0.29) is 0 Å². The van der Waals surface area contributed by atoms with Crippen LogP contribution in [0.2, 0.25) is 0 Å². The van der Waals surface area contributed by atoms with Gasteiger partial charge in [-0.1, -0.05) is 27.2 Å². The maximum absolute atomic E-state index is 11.9. The van der Waals surface area contributed by atoms with Crippen LogP contribution in [0, 0.1) is 28.6 Å². The normalized spacial score (nSPS) is 46.1. The molecule has 3 aliphatic rings. The molecular weight excluding hydrogens is 316 g/mol. The van der Waals surface area contributed by atoms with Gasteiger partial charge in [0.1, 0.15) is 5.78 Å². The van der Waals surface area contributed by atoms with Crippen LogP contribution in [0.4, 0.5) is 0 Å². The van der Waals surface area contributed by atoms with Crippen molar-refractivity contribution in [1.29, 1.82) is 0 Å². The van der Waals surface area contributed by atoms with E-state index in [1.54, 1.807) is 12.0 Å². The van der Waals surface area contributed by atoms with E-state index in [0.717, 1.165) is 31.1 Å². The summed E-state index contributed by atoms with van der Waals surface area (Å²) in [6.45, 7) is 7.40. The summed E-state index contributed by atoms with van der Waals surface area (Å²) in [4.78, 5) is 11.9. The molecule has 0 N–H and O–H groups in total. The highest BCUT2D eigenvalue weighted by atomic mass is 32.2. The van der Waals surface area contributed by atoms with Crippen LogP contribution in [0.3, 0.4) is 0 Å². The molecule has 3 saturated carbocycles. The van der Waals surface area contributed by atoms with E-state index in [2.05, 4.69) is 27.0 Å². The first-order chi connectivity index (χ1) is 11.4. The van der Waals surface area contributed by atoms with Gasteiger partial charge in [0.25, 0.3) is 0 Å². The molecule has 0 radical (unpaired) electrons. The summed E-state index contributed by atoms with van der Waals surface area (Å²) >= 11 is 1.54. The Kier molecular flexibility index (Phi) is 5.71. The van der Waals surface area contributed by atoms with Crippen molar-refractivity contribution in [3.05, 3.63) is 0 Å². The van der Waals surface area contributed by atoms with Crippen LogP contribution < -0.4 is 0 Å². The second kappa shape index (κ2) is 7.31. The molecule has 0 saturated heterocycles. The van der Waals surface area contributed by atoms with Crippen molar-refractivity contribution in [2.45, 2.75) is 91.1 Å². The largest absolute Gasteiger partial charge is 0.312 e. The fraction of sp³-hybridized carbons (Fsp3) is 0.952. The Balaban J connectivity index is 1.67. The van der Waals surface area contributed by atoms with Gasteiger partial charge in [-0.25, -0.2) is 0 Å². The maximum atomic E-state index is 11.9. The molecule has 0 heterocycles. The molecule has 3 fully saturated rings. The smallest absolute Gasteiger partial charge is 0.133 e. The molecule has 0 spiro atoms. The Labute approximate surface area is 153 Å². The zero-order valence-corrected chi connectivity index (χ0v) is 16.9. The molecule has 0 aliphatic heterocycles. The van der Waals surface area contributed by atoms with E-state index >= 15 is 0 Å². The lowest BCUT2D eigenvalue weighted by Crippen LogP contribution is -2.44. The lowest BCUT2D eigenvalue weighted by atomic mass is 9.54. The number of hydrogen-bond acceptors (Lipinski definition) is 3. The number of fused-ring (bicyclic) bond motifs is 1. The summed E-state index contributed by atoms with van der Waals surface area (Å²) in [5.74, 6) is 2.74. The Bertz CT molecular complexity index is 463. The quantitative estimate of drug-likeness (QED) is 0.564. The fourth-order valence-corrected chi connectivity index (χ4v) is 6.70. The molecular formula is C21H36O2S. The van der Waals surface area contributed by atoms with E-state index in [0.29, 0.717) is 28.6 Å². The van der Waals surface area contributed by atoms with E-state index < -0.39 is 0 Å².